The molecule has 6 nitrogen and oxygen atoms in total. The van der Waals surface area contributed by atoms with Gasteiger partial charge in [-0.05, 0) is 77.0 Å². The number of esters is 3. The van der Waals surface area contributed by atoms with Crippen LogP contribution in [0.15, 0.2) is 48.6 Å². The lowest BCUT2D eigenvalue weighted by Crippen LogP contribution is -2.30. The first kappa shape index (κ1) is 69.4. The molecule has 1 unspecified atom stereocenters. The summed E-state index contributed by atoms with van der Waals surface area (Å²) in [6.45, 7) is 6.58. The van der Waals surface area contributed by atoms with Crippen LogP contribution in [0.4, 0.5) is 0 Å². The predicted octanol–water partition coefficient (Wildman–Crippen LogP) is 21.4. The van der Waals surface area contributed by atoms with E-state index in [2.05, 4.69) is 69.4 Å². The van der Waals surface area contributed by atoms with Gasteiger partial charge in [-0.15, -0.1) is 0 Å². The average molecular weight is 1010 g/mol. The minimum absolute atomic E-state index is 0.0726. The minimum atomic E-state index is -0.776. The zero-order valence-electron chi connectivity index (χ0n) is 48.2. The number of unbranched alkanes of at least 4 members (excludes halogenated alkanes) is 39. The Morgan fingerprint density at radius 1 is 0.292 bits per heavy atom. The van der Waals surface area contributed by atoms with Crippen LogP contribution in [0.1, 0.15) is 335 Å². The molecule has 0 aromatic carbocycles. The van der Waals surface area contributed by atoms with Crippen LogP contribution in [0.25, 0.3) is 0 Å². The van der Waals surface area contributed by atoms with Crippen molar-refractivity contribution in [3.63, 3.8) is 0 Å². The van der Waals surface area contributed by atoms with Crippen LogP contribution in [-0.2, 0) is 28.6 Å². The van der Waals surface area contributed by atoms with Gasteiger partial charge in [0.1, 0.15) is 13.2 Å². The average Bonchev–Trinajstić information content (AvgIpc) is 3.38. The fourth-order valence-electron chi connectivity index (χ4n) is 9.34. The molecular weight excluding hydrogens is 889 g/mol. The lowest BCUT2D eigenvalue weighted by Gasteiger charge is -2.18. The number of hydrogen-bond donors (Lipinski definition) is 0. The molecule has 0 N–H and O–H groups in total. The van der Waals surface area contributed by atoms with Crippen LogP contribution in [0, 0.1) is 0 Å². The molecule has 0 aliphatic heterocycles. The van der Waals surface area contributed by atoms with Gasteiger partial charge >= 0.3 is 17.9 Å². The molecule has 0 aromatic heterocycles. The van der Waals surface area contributed by atoms with Crippen molar-refractivity contribution in [3.8, 4) is 0 Å². The summed E-state index contributed by atoms with van der Waals surface area (Å²) in [4.78, 5) is 38.3. The highest BCUT2D eigenvalue weighted by atomic mass is 16.6. The smallest absolute Gasteiger partial charge is 0.306 e. The van der Waals surface area contributed by atoms with E-state index in [1.807, 2.05) is 0 Å². The van der Waals surface area contributed by atoms with Crippen molar-refractivity contribution in [1.82, 2.24) is 0 Å². The summed E-state index contributed by atoms with van der Waals surface area (Å²) in [6.07, 6.45) is 75.4. The zero-order valence-corrected chi connectivity index (χ0v) is 48.2. The first-order chi connectivity index (χ1) is 35.5. The molecule has 0 spiro atoms. The number of ether oxygens (including phenoxy) is 3. The van der Waals surface area contributed by atoms with Crippen LogP contribution in [0.2, 0.25) is 0 Å². The molecule has 6 heteroatoms. The number of carbonyl (C=O) groups is 3. The Balaban J connectivity index is 4.35. The Labute approximate surface area is 448 Å². The van der Waals surface area contributed by atoms with Crippen LogP contribution < -0.4 is 0 Å². The first-order valence-electron chi connectivity index (χ1n) is 31.6. The van der Waals surface area contributed by atoms with Gasteiger partial charge in [0.2, 0.25) is 0 Å². The lowest BCUT2D eigenvalue weighted by atomic mass is 10.0. The van der Waals surface area contributed by atoms with Gasteiger partial charge in [0, 0.05) is 19.3 Å². The third-order valence-corrected chi connectivity index (χ3v) is 14.1. The molecule has 0 rings (SSSR count). The van der Waals surface area contributed by atoms with E-state index in [9.17, 15) is 14.4 Å². The second-order valence-corrected chi connectivity index (χ2v) is 21.3. The highest BCUT2D eigenvalue weighted by Crippen LogP contribution is 2.17. The fourth-order valence-corrected chi connectivity index (χ4v) is 9.34. The maximum Gasteiger partial charge on any atom is 0.306 e. The molecular formula is C66H120O6. The van der Waals surface area contributed by atoms with E-state index in [0.29, 0.717) is 19.3 Å². The van der Waals surface area contributed by atoms with E-state index in [0.717, 1.165) is 77.0 Å². The molecule has 0 bridgehead atoms. The Bertz CT molecular complexity index is 1250. The Hall–Kier alpha value is -2.63. The Kier molecular flexibility index (Phi) is 58.7. The molecule has 0 amide bonds. The highest BCUT2D eigenvalue weighted by molar-refractivity contribution is 5.71. The van der Waals surface area contributed by atoms with Gasteiger partial charge in [-0.25, -0.2) is 0 Å². The van der Waals surface area contributed by atoms with Crippen molar-refractivity contribution in [2.75, 3.05) is 13.2 Å². The molecule has 0 aromatic rings. The van der Waals surface area contributed by atoms with E-state index in [4.69, 9.17) is 14.2 Å². The third-order valence-electron chi connectivity index (χ3n) is 14.1. The van der Waals surface area contributed by atoms with Crippen molar-refractivity contribution in [1.29, 1.82) is 0 Å². The largest absolute Gasteiger partial charge is 0.462 e. The minimum Gasteiger partial charge on any atom is -0.462 e. The van der Waals surface area contributed by atoms with E-state index in [-0.39, 0.29) is 31.1 Å². The zero-order chi connectivity index (χ0) is 52.2. The molecule has 0 aliphatic carbocycles. The Morgan fingerprint density at radius 2 is 0.542 bits per heavy atom. The molecule has 0 saturated carbocycles. The van der Waals surface area contributed by atoms with Crippen molar-refractivity contribution in [3.05, 3.63) is 48.6 Å². The summed E-state index contributed by atoms with van der Waals surface area (Å²) < 4.78 is 16.9. The second kappa shape index (κ2) is 60.9. The normalized spacial score (nSPS) is 12.3. The molecule has 0 radical (unpaired) electrons. The van der Waals surface area contributed by atoms with Crippen molar-refractivity contribution in [2.45, 2.75) is 341 Å². The first-order valence-corrected chi connectivity index (χ1v) is 31.6. The predicted molar refractivity (Wildman–Crippen MR) is 312 cm³/mol. The summed E-state index contributed by atoms with van der Waals surface area (Å²) in [5.74, 6) is -0.861. The van der Waals surface area contributed by atoms with Crippen LogP contribution in [0.5, 0.6) is 0 Å². The standard InChI is InChI=1S/C66H120O6/c1-4-7-10-13-16-19-22-25-28-31-33-35-38-41-44-47-50-53-56-59-65(68)71-62-63(61-70-64(67)58-55-52-49-46-43-40-37-30-27-24-21-18-15-12-9-6-3)72-66(69)60-57-54-51-48-45-42-39-36-34-32-29-26-23-20-17-14-11-8-5-2/h7,10,16,19,25,28,32,34,63H,4-6,8-9,11-15,17-18,20-24,26-27,29-31,33,35-62H2,1-3H3/b10-7-,19-16-,28-25-,34-32-. The number of carbonyl (C=O) groups excluding carboxylic acids is 3. The van der Waals surface area contributed by atoms with E-state index >= 15 is 0 Å². The maximum absolute atomic E-state index is 12.9. The maximum atomic E-state index is 12.9. The number of allylic oxidation sites excluding steroid dienone is 8. The van der Waals surface area contributed by atoms with Crippen molar-refractivity contribution >= 4 is 17.9 Å². The molecule has 0 aliphatic rings. The topological polar surface area (TPSA) is 78.9 Å². The van der Waals surface area contributed by atoms with Crippen LogP contribution >= 0.6 is 0 Å². The number of rotatable bonds is 58. The summed E-state index contributed by atoms with van der Waals surface area (Å²) in [5.41, 5.74) is 0. The molecule has 420 valence electrons. The van der Waals surface area contributed by atoms with Crippen molar-refractivity contribution in [2.24, 2.45) is 0 Å². The Morgan fingerprint density at radius 3 is 0.861 bits per heavy atom. The van der Waals surface area contributed by atoms with Gasteiger partial charge in [-0.1, -0.05) is 288 Å². The quantitative estimate of drug-likeness (QED) is 0.0261. The summed E-state index contributed by atoms with van der Waals surface area (Å²) in [7, 11) is 0. The van der Waals surface area contributed by atoms with Gasteiger partial charge in [0.05, 0.1) is 0 Å². The van der Waals surface area contributed by atoms with Gasteiger partial charge in [-0.2, -0.15) is 0 Å². The summed E-state index contributed by atoms with van der Waals surface area (Å²) in [6, 6.07) is 0. The monoisotopic (exact) mass is 1010 g/mol. The third kappa shape index (κ3) is 58.3. The van der Waals surface area contributed by atoms with Gasteiger partial charge in [0.15, 0.2) is 6.10 Å². The fraction of sp³-hybridized carbons (Fsp3) is 0.833. The molecule has 0 fully saturated rings. The van der Waals surface area contributed by atoms with E-state index < -0.39 is 6.10 Å². The van der Waals surface area contributed by atoms with E-state index in [1.54, 1.807) is 0 Å². The van der Waals surface area contributed by atoms with Crippen molar-refractivity contribution < 1.29 is 28.6 Å². The molecule has 0 saturated heterocycles. The van der Waals surface area contributed by atoms with Gasteiger partial charge in [-0.3, -0.25) is 14.4 Å². The SMILES string of the molecule is CC/C=C\C/C=C\C/C=C\CCCCCCCCCCCC(=O)OCC(COC(=O)CCCCCCCCCCCCCCCCCC)OC(=O)CCCCCCCCC/C=C\CCCCCCCCCC. The second-order valence-electron chi connectivity index (χ2n) is 21.3. The highest BCUT2D eigenvalue weighted by Gasteiger charge is 2.19. The summed E-state index contributed by atoms with van der Waals surface area (Å²) in [5, 5.41) is 0. The molecule has 1 atom stereocenters. The van der Waals surface area contributed by atoms with E-state index in [1.165, 1.54) is 218 Å². The van der Waals surface area contributed by atoms with Gasteiger partial charge < -0.3 is 14.2 Å². The molecule has 72 heavy (non-hydrogen) atoms. The lowest BCUT2D eigenvalue weighted by molar-refractivity contribution is -0.167. The molecule has 0 heterocycles. The number of hydrogen-bond acceptors (Lipinski definition) is 6. The summed E-state index contributed by atoms with van der Waals surface area (Å²) >= 11 is 0. The van der Waals surface area contributed by atoms with Gasteiger partial charge in [0.25, 0.3) is 0 Å². The van der Waals surface area contributed by atoms with Crippen LogP contribution in [-0.4, -0.2) is 37.2 Å². The van der Waals surface area contributed by atoms with Crippen LogP contribution in [0.3, 0.4) is 0 Å².